The summed E-state index contributed by atoms with van der Waals surface area (Å²) in [5.41, 5.74) is 0. The summed E-state index contributed by atoms with van der Waals surface area (Å²) < 4.78 is 18.7. The summed E-state index contributed by atoms with van der Waals surface area (Å²) in [6.07, 6.45) is 5.35. The van der Waals surface area contributed by atoms with Gasteiger partial charge >= 0.3 is 0 Å². The van der Waals surface area contributed by atoms with Crippen LogP contribution in [0.1, 0.15) is 6.92 Å². The van der Waals surface area contributed by atoms with E-state index in [1.807, 2.05) is 31.0 Å². The minimum absolute atomic E-state index is 0.236. The third-order valence-corrected chi connectivity index (χ3v) is 2.20. The fourth-order valence-electron chi connectivity index (χ4n) is 1.38. The normalized spacial score (nSPS) is 12.9. The van der Waals surface area contributed by atoms with Crippen LogP contribution in [0.3, 0.4) is 0 Å². The van der Waals surface area contributed by atoms with E-state index >= 15 is 0 Å². The van der Waals surface area contributed by atoms with E-state index in [0.29, 0.717) is 12.3 Å². The molecule has 0 amide bonds. The zero-order valence-corrected chi connectivity index (χ0v) is 10.2. The Morgan fingerprint density at radius 1 is 1.65 bits per heavy atom. The third kappa shape index (κ3) is 4.41. The lowest BCUT2D eigenvalue weighted by Gasteiger charge is -2.25. The minimum Gasteiger partial charge on any atom is -0.471 e. The van der Waals surface area contributed by atoms with Crippen LogP contribution in [-0.2, 0) is 0 Å². The molecule has 91 valence electrons. The quantitative estimate of drug-likeness (QED) is 0.554. The summed E-state index contributed by atoms with van der Waals surface area (Å²) in [6, 6.07) is 6.94. The monoisotopic (exact) mass is 234 g/mol. The van der Waals surface area contributed by atoms with E-state index in [9.17, 15) is 4.39 Å². The lowest BCUT2D eigenvalue weighted by Crippen LogP contribution is -2.35. The molecule has 0 saturated carbocycles. The van der Waals surface area contributed by atoms with Crippen molar-refractivity contribution in [3.05, 3.63) is 54.9 Å². The summed E-state index contributed by atoms with van der Waals surface area (Å²) in [5, 5.41) is 0. The Kier molecular flexibility index (Phi) is 5.43. The van der Waals surface area contributed by atoms with Gasteiger partial charge in [-0.3, -0.25) is 4.90 Å². The molecular weight excluding hydrogens is 217 g/mol. The molecule has 0 aliphatic heterocycles. The van der Waals surface area contributed by atoms with Gasteiger partial charge in [-0.15, -0.1) is 6.58 Å². The van der Waals surface area contributed by atoms with E-state index < -0.39 is 5.82 Å². The lowest BCUT2D eigenvalue weighted by molar-refractivity contribution is 0.0944. The third-order valence-electron chi connectivity index (χ3n) is 2.20. The van der Waals surface area contributed by atoms with Crippen molar-refractivity contribution in [3.63, 3.8) is 0 Å². The molecule has 1 rings (SSSR count). The Morgan fingerprint density at radius 3 is 3.00 bits per heavy atom. The van der Waals surface area contributed by atoms with E-state index in [2.05, 4.69) is 12.6 Å². The molecule has 2 nitrogen and oxygen atoms in total. The van der Waals surface area contributed by atoms with Crippen molar-refractivity contribution in [2.24, 2.45) is 0 Å². The minimum atomic E-state index is -0.423. The first-order chi connectivity index (χ1) is 8.17. The van der Waals surface area contributed by atoms with Crippen LogP contribution >= 0.6 is 0 Å². The highest BCUT2D eigenvalue weighted by molar-refractivity contribution is 5.22. The van der Waals surface area contributed by atoms with Crippen molar-refractivity contribution in [2.75, 3.05) is 13.6 Å². The van der Waals surface area contributed by atoms with Gasteiger partial charge in [0.15, 0.2) is 6.23 Å². The summed E-state index contributed by atoms with van der Waals surface area (Å²) in [6.45, 7) is 6.28. The summed E-state index contributed by atoms with van der Waals surface area (Å²) in [4.78, 5) is 1.96. The maximum atomic E-state index is 13.0. The van der Waals surface area contributed by atoms with Crippen LogP contribution in [0, 0.1) is 11.9 Å². The lowest BCUT2D eigenvalue weighted by atomic mass is 10.3. The molecule has 0 spiro atoms. The molecule has 0 fully saturated rings. The van der Waals surface area contributed by atoms with Crippen LogP contribution in [0.15, 0.2) is 43.0 Å². The van der Waals surface area contributed by atoms with Crippen LogP contribution in [0.4, 0.5) is 4.39 Å². The van der Waals surface area contributed by atoms with Crippen molar-refractivity contribution in [2.45, 2.75) is 13.2 Å². The molecule has 1 aromatic rings. The second-order valence-corrected chi connectivity index (χ2v) is 3.63. The van der Waals surface area contributed by atoms with Gasteiger partial charge in [0.1, 0.15) is 11.6 Å². The van der Waals surface area contributed by atoms with E-state index in [4.69, 9.17) is 4.74 Å². The van der Waals surface area contributed by atoms with Gasteiger partial charge in [-0.2, -0.15) is 0 Å². The average molecular weight is 234 g/mol. The van der Waals surface area contributed by atoms with Crippen LogP contribution in [0.25, 0.3) is 0 Å². The van der Waals surface area contributed by atoms with Gasteiger partial charge in [0.2, 0.25) is 0 Å². The van der Waals surface area contributed by atoms with Crippen molar-refractivity contribution in [1.29, 1.82) is 0 Å². The molecule has 3 heteroatoms. The Labute approximate surface area is 102 Å². The molecule has 1 unspecified atom stereocenters. The molecular formula is C14H17FNO. The van der Waals surface area contributed by atoms with Gasteiger partial charge in [0, 0.05) is 18.7 Å². The van der Waals surface area contributed by atoms with Gasteiger partial charge in [0.25, 0.3) is 0 Å². The molecule has 0 aliphatic carbocycles. The first kappa shape index (κ1) is 13.5. The topological polar surface area (TPSA) is 12.5 Å². The van der Waals surface area contributed by atoms with E-state index in [-0.39, 0.29) is 6.23 Å². The Morgan fingerprint density at radius 2 is 2.41 bits per heavy atom. The van der Waals surface area contributed by atoms with Gasteiger partial charge < -0.3 is 4.74 Å². The molecule has 0 bridgehead atoms. The molecule has 1 aromatic carbocycles. The molecule has 1 atom stereocenters. The van der Waals surface area contributed by atoms with Gasteiger partial charge in [0.05, 0.1) is 0 Å². The SMILES string of the molecule is C=CCN(C)C(/C=C/C)Oc1cc[c]c(F)c1. The van der Waals surface area contributed by atoms with Crippen LogP contribution in [0.2, 0.25) is 0 Å². The second kappa shape index (κ2) is 6.86. The Balaban J connectivity index is 2.75. The number of rotatable bonds is 6. The first-order valence-corrected chi connectivity index (χ1v) is 5.45. The fourth-order valence-corrected chi connectivity index (χ4v) is 1.38. The maximum Gasteiger partial charge on any atom is 0.172 e. The van der Waals surface area contributed by atoms with Crippen LogP contribution < -0.4 is 4.74 Å². The highest BCUT2D eigenvalue weighted by Gasteiger charge is 2.11. The second-order valence-electron chi connectivity index (χ2n) is 3.63. The number of benzene rings is 1. The molecule has 1 radical (unpaired) electrons. The number of nitrogens with zero attached hydrogens (tertiary/aromatic N) is 1. The van der Waals surface area contributed by atoms with E-state index in [0.717, 1.165) is 0 Å². The summed E-state index contributed by atoms with van der Waals surface area (Å²) >= 11 is 0. The highest BCUT2D eigenvalue weighted by atomic mass is 19.1. The van der Waals surface area contributed by atoms with Crippen molar-refractivity contribution >= 4 is 0 Å². The standard InChI is InChI=1S/C14H17FNO/c1-4-7-14(16(3)10-5-2)17-13-9-6-8-12(15)11-13/h4-7,9,11,14H,2,10H2,1,3H3/b7-4+. The predicted octanol–water partition coefficient (Wildman–Crippen LogP) is 3.02. The van der Waals surface area contributed by atoms with Gasteiger partial charge in [-0.1, -0.05) is 12.2 Å². The Hall–Kier alpha value is -1.61. The number of hydrogen-bond donors (Lipinski definition) is 0. The number of allylic oxidation sites excluding steroid dienone is 1. The molecule has 0 saturated heterocycles. The molecule has 0 aliphatic rings. The summed E-state index contributed by atoms with van der Waals surface area (Å²) in [7, 11) is 1.91. The maximum absolute atomic E-state index is 13.0. The number of halogens is 1. The number of likely N-dealkylation sites (N-methyl/N-ethyl adjacent to an activating group) is 1. The molecule has 0 heterocycles. The van der Waals surface area contributed by atoms with E-state index in [1.165, 1.54) is 12.1 Å². The number of hydrogen-bond acceptors (Lipinski definition) is 2. The summed E-state index contributed by atoms with van der Waals surface area (Å²) in [5.74, 6) is 0.0633. The van der Waals surface area contributed by atoms with Crippen molar-refractivity contribution in [1.82, 2.24) is 4.90 Å². The van der Waals surface area contributed by atoms with Gasteiger partial charge in [-0.05, 0) is 32.2 Å². The van der Waals surface area contributed by atoms with Crippen LogP contribution in [0.5, 0.6) is 5.75 Å². The van der Waals surface area contributed by atoms with Crippen LogP contribution in [-0.4, -0.2) is 24.7 Å². The zero-order chi connectivity index (χ0) is 12.7. The molecule has 17 heavy (non-hydrogen) atoms. The average Bonchev–Trinajstić information content (AvgIpc) is 2.29. The van der Waals surface area contributed by atoms with Crippen molar-refractivity contribution in [3.8, 4) is 5.75 Å². The highest BCUT2D eigenvalue weighted by Crippen LogP contribution is 2.15. The van der Waals surface area contributed by atoms with E-state index in [1.54, 1.807) is 12.1 Å². The molecule has 0 aromatic heterocycles. The fraction of sp³-hybridized carbons (Fsp3) is 0.286. The Bertz CT molecular complexity index is 390. The smallest absolute Gasteiger partial charge is 0.172 e. The number of ether oxygens (including phenoxy) is 1. The largest absolute Gasteiger partial charge is 0.471 e. The van der Waals surface area contributed by atoms with Gasteiger partial charge in [-0.25, -0.2) is 4.39 Å². The predicted molar refractivity (Wildman–Crippen MR) is 67.3 cm³/mol. The zero-order valence-electron chi connectivity index (χ0n) is 10.2. The van der Waals surface area contributed by atoms with Crippen molar-refractivity contribution < 1.29 is 9.13 Å². The molecule has 0 N–H and O–H groups in total. The first-order valence-electron chi connectivity index (χ1n) is 5.45.